The monoisotopic (exact) mass is 424 g/mol. The van der Waals surface area contributed by atoms with E-state index in [0.29, 0.717) is 15.4 Å². The quantitative estimate of drug-likeness (QED) is 0.441. The van der Waals surface area contributed by atoms with Gasteiger partial charge in [0, 0.05) is 10.6 Å². The summed E-state index contributed by atoms with van der Waals surface area (Å²) in [4.78, 5) is 29.9. The Hall–Kier alpha value is -2.96. The van der Waals surface area contributed by atoms with Crippen LogP contribution in [0.1, 0.15) is 17.3 Å². The molecule has 5 nitrogen and oxygen atoms in total. The van der Waals surface area contributed by atoms with Gasteiger partial charge >= 0.3 is 5.97 Å². The molecule has 4 aromatic rings. The van der Waals surface area contributed by atoms with Crippen molar-refractivity contribution < 1.29 is 14.3 Å². The second-order valence-electron chi connectivity index (χ2n) is 6.33. The van der Waals surface area contributed by atoms with Crippen LogP contribution in [0.15, 0.2) is 65.7 Å². The molecular weight excluding hydrogens is 408 g/mol. The van der Waals surface area contributed by atoms with E-state index in [1.807, 2.05) is 42.5 Å². The van der Waals surface area contributed by atoms with E-state index in [4.69, 9.17) is 16.3 Å². The normalized spacial score (nSPS) is 11.9. The first-order valence-electron chi connectivity index (χ1n) is 9.08. The number of amides is 1. The number of hydrogen-bond acceptors (Lipinski definition) is 4. The molecule has 0 saturated heterocycles. The lowest BCUT2D eigenvalue weighted by atomic mass is 10.0. The molecular formula is C22H17ClN2O3S. The molecule has 0 aliphatic rings. The van der Waals surface area contributed by atoms with Crippen molar-refractivity contribution in [3.05, 3.63) is 76.1 Å². The third kappa shape index (κ3) is 3.95. The zero-order chi connectivity index (χ0) is 20.4. The molecule has 29 heavy (non-hydrogen) atoms. The maximum Gasteiger partial charge on any atom is 0.326 e. The fourth-order valence-electron chi connectivity index (χ4n) is 3.18. The highest BCUT2D eigenvalue weighted by Crippen LogP contribution is 2.23. The number of esters is 1. The van der Waals surface area contributed by atoms with Gasteiger partial charge in [-0.25, -0.2) is 0 Å². The maximum atomic E-state index is 13.0. The van der Waals surface area contributed by atoms with Gasteiger partial charge in [0.2, 0.25) is 0 Å². The Morgan fingerprint density at radius 3 is 2.72 bits per heavy atom. The van der Waals surface area contributed by atoms with Crippen molar-refractivity contribution in [2.45, 2.75) is 13.5 Å². The number of aromatic nitrogens is 1. The second-order valence-corrected chi connectivity index (χ2v) is 7.78. The van der Waals surface area contributed by atoms with Crippen LogP contribution < -0.4 is 4.80 Å². The summed E-state index contributed by atoms with van der Waals surface area (Å²) in [5.41, 5.74) is 1.29. The number of hydrogen-bond donors (Lipinski definition) is 0. The highest BCUT2D eigenvalue weighted by atomic mass is 35.5. The van der Waals surface area contributed by atoms with E-state index in [-0.39, 0.29) is 25.0 Å². The van der Waals surface area contributed by atoms with E-state index in [0.717, 1.165) is 21.0 Å². The lowest BCUT2D eigenvalue weighted by molar-refractivity contribution is -0.143. The van der Waals surface area contributed by atoms with E-state index in [2.05, 4.69) is 4.99 Å². The minimum absolute atomic E-state index is 0.0306. The molecule has 0 atom stereocenters. The number of benzene rings is 3. The number of rotatable bonds is 4. The number of thiazole rings is 1. The first-order chi connectivity index (χ1) is 14.1. The van der Waals surface area contributed by atoms with Crippen LogP contribution in [-0.4, -0.2) is 23.1 Å². The third-order valence-corrected chi connectivity index (χ3v) is 5.73. The van der Waals surface area contributed by atoms with Crippen molar-refractivity contribution in [3.63, 3.8) is 0 Å². The van der Waals surface area contributed by atoms with Crippen molar-refractivity contribution in [3.8, 4) is 0 Å². The summed E-state index contributed by atoms with van der Waals surface area (Å²) >= 11 is 7.42. The van der Waals surface area contributed by atoms with E-state index in [1.165, 1.54) is 11.3 Å². The molecule has 0 aliphatic carbocycles. The first-order valence-corrected chi connectivity index (χ1v) is 10.3. The largest absolute Gasteiger partial charge is 0.465 e. The summed E-state index contributed by atoms with van der Waals surface area (Å²) in [5, 5.41) is 2.38. The van der Waals surface area contributed by atoms with E-state index < -0.39 is 0 Å². The predicted octanol–water partition coefficient (Wildman–Crippen LogP) is 4.81. The minimum Gasteiger partial charge on any atom is -0.465 e. The van der Waals surface area contributed by atoms with Crippen LogP contribution in [-0.2, 0) is 16.1 Å². The van der Waals surface area contributed by atoms with Crippen LogP contribution >= 0.6 is 22.9 Å². The van der Waals surface area contributed by atoms with Gasteiger partial charge in [-0.2, -0.15) is 4.99 Å². The molecule has 1 aromatic heterocycles. The van der Waals surface area contributed by atoms with Crippen molar-refractivity contribution in [1.29, 1.82) is 0 Å². The molecule has 0 radical (unpaired) electrons. The van der Waals surface area contributed by atoms with Crippen LogP contribution in [0.5, 0.6) is 0 Å². The fourth-order valence-corrected chi connectivity index (χ4v) is 4.48. The Kier molecular flexibility index (Phi) is 5.47. The fraction of sp³-hybridized carbons (Fsp3) is 0.136. The zero-order valence-corrected chi connectivity index (χ0v) is 17.2. The van der Waals surface area contributed by atoms with E-state index in [1.54, 1.807) is 29.7 Å². The van der Waals surface area contributed by atoms with Gasteiger partial charge in [0.15, 0.2) is 4.80 Å². The Bertz CT molecular complexity index is 1300. The SMILES string of the molecule is CCOC(=O)Cn1c(=NC(=O)c2cccc3ccccc23)sc2cc(Cl)ccc21. The van der Waals surface area contributed by atoms with Gasteiger partial charge in [0.05, 0.1) is 16.8 Å². The van der Waals surface area contributed by atoms with Crippen LogP contribution in [0.3, 0.4) is 0 Å². The molecule has 4 rings (SSSR count). The molecule has 146 valence electrons. The highest BCUT2D eigenvalue weighted by Gasteiger charge is 2.14. The van der Waals surface area contributed by atoms with Gasteiger partial charge in [-0.1, -0.05) is 59.3 Å². The smallest absolute Gasteiger partial charge is 0.326 e. The molecule has 0 aliphatic heterocycles. The molecule has 0 bridgehead atoms. The summed E-state index contributed by atoms with van der Waals surface area (Å²) in [5.74, 6) is -0.752. The predicted molar refractivity (Wildman–Crippen MR) is 115 cm³/mol. The number of carbonyl (C=O) groups excluding carboxylic acids is 2. The number of ether oxygens (including phenoxy) is 1. The van der Waals surface area contributed by atoms with Crippen LogP contribution in [0.4, 0.5) is 0 Å². The lowest BCUT2D eigenvalue weighted by Crippen LogP contribution is -2.23. The summed E-state index contributed by atoms with van der Waals surface area (Å²) < 4.78 is 7.61. The van der Waals surface area contributed by atoms with Crippen LogP contribution in [0, 0.1) is 0 Å². The van der Waals surface area contributed by atoms with E-state index >= 15 is 0 Å². The molecule has 0 saturated carbocycles. The number of fused-ring (bicyclic) bond motifs is 2. The average molecular weight is 425 g/mol. The maximum absolute atomic E-state index is 13.0. The molecule has 0 fully saturated rings. The van der Waals surface area contributed by atoms with Gasteiger partial charge in [-0.3, -0.25) is 9.59 Å². The summed E-state index contributed by atoms with van der Waals surface area (Å²) in [6.45, 7) is 2.01. The molecule has 0 spiro atoms. The minimum atomic E-state index is -0.388. The standard InChI is InChI=1S/C22H17ClN2O3S/c1-2-28-20(26)13-25-18-11-10-15(23)12-19(18)29-22(25)24-21(27)17-9-5-7-14-6-3-4-8-16(14)17/h3-12H,2,13H2,1H3. The van der Waals surface area contributed by atoms with Crippen molar-refractivity contribution >= 4 is 55.8 Å². The second kappa shape index (κ2) is 8.19. The van der Waals surface area contributed by atoms with Crippen molar-refractivity contribution in [2.24, 2.45) is 4.99 Å². The molecule has 1 heterocycles. The zero-order valence-electron chi connectivity index (χ0n) is 15.6. The Labute approximate surface area is 175 Å². The summed E-state index contributed by atoms with van der Waals surface area (Å²) in [6.07, 6.45) is 0. The molecule has 3 aromatic carbocycles. The van der Waals surface area contributed by atoms with Crippen molar-refractivity contribution in [2.75, 3.05) is 6.61 Å². The first kappa shape index (κ1) is 19.4. The molecule has 7 heteroatoms. The Morgan fingerprint density at radius 2 is 1.90 bits per heavy atom. The van der Waals surface area contributed by atoms with E-state index in [9.17, 15) is 9.59 Å². The summed E-state index contributed by atoms with van der Waals surface area (Å²) in [6, 6.07) is 18.6. The summed E-state index contributed by atoms with van der Waals surface area (Å²) in [7, 11) is 0. The van der Waals surface area contributed by atoms with Gasteiger partial charge in [0.1, 0.15) is 6.54 Å². The van der Waals surface area contributed by atoms with Gasteiger partial charge < -0.3 is 9.30 Å². The third-order valence-electron chi connectivity index (χ3n) is 4.45. The van der Waals surface area contributed by atoms with Crippen LogP contribution in [0.25, 0.3) is 21.0 Å². The van der Waals surface area contributed by atoms with Crippen LogP contribution in [0.2, 0.25) is 5.02 Å². The average Bonchev–Trinajstić information content (AvgIpc) is 3.03. The van der Waals surface area contributed by atoms with Gasteiger partial charge in [-0.05, 0) is 42.0 Å². The number of halogens is 1. The topological polar surface area (TPSA) is 60.7 Å². The molecule has 0 unspecified atom stereocenters. The van der Waals surface area contributed by atoms with Crippen molar-refractivity contribution in [1.82, 2.24) is 4.57 Å². The highest BCUT2D eigenvalue weighted by molar-refractivity contribution is 7.16. The molecule has 0 N–H and O–H groups in total. The number of carbonyl (C=O) groups is 2. The Balaban J connectivity index is 1.86. The molecule has 1 amide bonds. The van der Waals surface area contributed by atoms with Gasteiger partial charge in [-0.15, -0.1) is 0 Å². The number of nitrogens with zero attached hydrogens (tertiary/aromatic N) is 2. The van der Waals surface area contributed by atoms with Gasteiger partial charge in [0.25, 0.3) is 5.91 Å². The Morgan fingerprint density at radius 1 is 1.10 bits per heavy atom. The lowest BCUT2D eigenvalue weighted by Gasteiger charge is -2.05.